The highest BCUT2D eigenvalue weighted by Gasteiger charge is 2.21. The summed E-state index contributed by atoms with van der Waals surface area (Å²) < 4.78 is 11.1. The summed E-state index contributed by atoms with van der Waals surface area (Å²) in [5.74, 6) is 0.246. The fourth-order valence-corrected chi connectivity index (χ4v) is 2.05. The van der Waals surface area contributed by atoms with E-state index in [0.717, 1.165) is 24.8 Å². The number of hydrogen-bond donors (Lipinski definition) is 1. The van der Waals surface area contributed by atoms with Crippen LogP contribution in [-0.4, -0.2) is 30.7 Å². The minimum absolute atomic E-state index is 0.246. The Morgan fingerprint density at radius 1 is 1.29 bits per heavy atom. The van der Waals surface area contributed by atoms with Crippen LogP contribution in [-0.2, 0) is 9.47 Å². The van der Waals surface area contributed by atoms with Gasteiger partial charge in [0.1, 0.15) is 0 Å². The third-order valence-corrected chi connectivity index (χ3v) is 3.00. The predicted molar refractivity (Wildman–Crippen MR) is 68.7 cm³/mol. The second-order valence-electron chi connectivity index (χ2n) is 4.31. The molecule has 1 aliphatic rings. The lowest BCUT2D eigenvalue weighted by Crippen LogP contribution is -2.23. The maximum absolute atomic E-state index is 9.56. The molecule has 3 nitrogen and oxygen atoms in total. The third kappa shape index (κ3) is 4.62. The minimum Gasteiger partial charge on any atom is -0.389 e. The molecule has 2 unspecified atom stereocenters. The Morgan fingerprint density at radius 2 is 1.94 bits per heavy atom. The van der Waals surface area contributed by atoms with Gasteiger partial charge in [0, 0.05) is 19.1 Å². The molecule has 0 bridgehead atoms. The van der Waals surface area contributed by atoms with Crippen molar-refractivity contribution in [2.75, 3.05) is 13.2 Å². The van der Waals surface area contributed by atoms with E-state index in [-0.39, 0.29) is 18.3 Å². The average molecular weight is 240 g/mol. The van der Waals surface area contributed by atoms with Gasteiger partial charge in [-0.3, -0.25) is 0 Å². The van der Waals surface area contributed by atoms with Crippen molar-refractivity contribution in [1.29, 1.82) is 0 Å². The van der Waals surface area contributed by atoms with E-state index in [1.165, 1.54) is 0 Å². The quantitative estimate of drug-likeness (QED) is 0.573. The fraction of sp³-hybridized carbons (Fsp3) is 0.714. The summed E-state index contributed by atoms with van der Waals surface area (Å²) in [6, 6.07) is 0. The van der Waals surface area contributed by atoms with Crippen LogP contribution in [0.4, 0.5) is 0 Å². The van der Waals surface area contributed by atoms with Gasteiger partial charge in [0.2, 0.25) is 0 Å². The lowest BCUT2D eigenvalue weighted by molar-refractivity contribution is -0.114. The summed E-state index contributed by atoms with van der Waals surface area (Å²) in [5.41, 5.74) is 0.957. The van der Waals surface area contributed by atoms with Gasteiger partial charge in [0.15, 0.2) is 6.29 Å². The van der Waals surface area contributed by atoms with Gasteiger partial charge in [-0.05, 0) is 38.7 Å². The van der Waals surface area contributed by atoms with Crippen LogP contribution in [0.25, 0.3) is 0 Å². The molecule has 0 saturated heterocycles. The zero-order valence-electron chi connectivity index (χ0n) is 10.9. The lowest BCUT2D eigenvalue weighted by Gasteiger charge is -2.24. The van der Waals surface area contributed by atoms with E-state index in [4.69, 9.17) is 9.47 Å². The number of rotatable bonds is 6. The first-order valence-corrected chi connectivity index (χ1v) is 6.47. The second-order valence-corrected chi connectivity index (χ2v) is 4.31. The van der Waals surface area contributed by atoms with Crippen molar-refractivity contribution in [3.63, 3.8) is 0 Å². The average Bonchev–Trinajstić information content (AvgIpc) is 2.53. The van der Waals surface area contributed by atoms with E-state index in [1.54, 1.807) is 0 Å². The normalized spacial score (nSPS) is 24.9. The van der Waals surface area contributed by atoms with Crippen LogP contribution in [0, 0.1) is 5.92 Å². The molecule has 0 aromatic carbocycles. The first-order chi connectivity index (χ1) is 8.19. The molecule has 1 aliphatic carbocycles. The van der Waals surface area contributed by atoms with Crippen LogP contribution in [0.5, 0.6) is 0 Å². The maximum Gasteiger partial charge on any atom is 0.180 e. The van der Waals surface area contributed by atoms with Crippen LogP contribution in [0.15, 0.2) is 24.3 Å². The molecule has 1 rings (SSSR count). The monoisotopic (exact) mass is 240 g/mol. The summed E-state index contributed by atoms with van der Waals surface area (Å²) in [6.45, 7) is 9.23. The molecule has 0 fully saturated rings. The smallest absolute Gasteiger partial charge is 0.180 e. The van der Waals surface area contributed by atoms with Crippen molar-refractivity contribution in [2.45, 2.75) is 45.5 Å². The Balaban J connectivity index is 2.61. The predicted octanol–water partition coefficient (Wildman–Crippen LogP) is 2.66. The molecule has 0 aliphatic heterocycles. The number of aliphatic hydroxyl groups excluding tert-OH is 1. The van der Waals surface area contributed by atoms with Crippen LogP contribution >= 0.6 is 0 Å². The van der Waals surface area contributed by atoms with E-state index in [9.17, 15) is 5.11 Å². The van der Waals surface area contributed by atoms with Gasteiger partial charge in [-0.2, -0.15) is 0 Å². The zero-order valence-corrected chi connectivity index (χ0v) is 10.9. The molecule has 0 heterocycles. The number of ether oxygens (including phenoxy) is 2. The molecule has 0 radical (unpaired) electrons. The molecule has 1 N–H and O–H groups in total. The van der Waals surface area contributed by atoms with Gasteiger partial charge in [-0.15, -0.1) is 0 Å². The maximum atomic E-state index is 9.56. The Labute approximate surface area is 104 Å². The zero-order chi connectivity index (χ0) is 12.7. The van der Waals surface area contributed by atoms with Gasteiger partial charge < -0.3 is 14.6 Å². The van der Waals surface area contributed by atoms with E-state index in [0.29, 0.717) is 13.2 Å². The molecule has 2 atom stereocenters. The van der Waals surface area contributed by atoms with Crippen molar-refractivity contribution in [2.24, 2.45) is 5.92 Å². The Bertz CT molecular complexity index is 254. The highest BCUT2D eigenvalue weighted by atomic mass is 16.7. The van der Waals surface area contributed by atoms with E-state index < -0.39 is 0 Å². The first kappa shape index (κ1) is 14.4. The molecule has 17 heavy (non-hydrogen) atoms. The fourth-order valence-electron chi connectivity index (χ4n) is 2.05. The third-order valence-electron chi connectivity index (χ3n) is 3.00. The highest BCUT2D eigenvalue weighted by molar-refractivity contribution is 5.14. The van der Waals surface area contributed by atoms with Gasteiger partial charge >= 0.3 is 0 Å². The summed E-state index contributed by atoms with van der Waals surface area (Å²) in [5, 5.41) is 9.56. The summed E-state index contributed by atoms with van der Waals surface area (Å²) in [6.07, 6.45) is 6.09. The molecule has 3 heteroatoms. The summed E-state index contributed by atoms with van der Waals surface area (Å²) in [4.78, 5) is 0. The Kier molecular flexibility index (Phi) is 6.48. The first-order valence-electron chi connectivity index (χ1n) is 6.47. The number of hydrogen-bond acceptors (Lipinski definition) is 3. The van der Waals surface area contributed by atoms with E-state index in [2.05, 4.69) is 6.58 Å². The molecular weight excluding hydrogens is 216 g/mol. The van der Waals surface area contributed by atoms with Crippen LogP contribution in [0.1, 0.15) is 33.1 Å². The van der Waals surface area contributed by atoms with Crippen molar-refractivity contribution in [3.05, 3.63) is 24.3 Å². The van der Waals surface area contributed by atoms with E-state index >= 15 is 0 Å². The van der Waals surface area contributed by atoms with Crippen LogP contribution in [0.3, 0.4) is 0 Å². The Morgan fingerprint density at radius 3 is 2.53 bits per heavy atom. The molecule has 0 aromatic heterocycles. The van der Waals surface area contributed by atoms with Crippen LogP contribution in [0.2, 0.25) is 0 Å². The number of allylic oxidation sites excluding steroid dienone is 1. The lowest BCUT2D eigenvalue weighted by atomic mass is 9.95. The molecule has 0 aromatic rings. The topological polar surface area (TPSA) is 38.7 Å². The molecule has 98 valence electrons. The Hall–Kier alpha value is -0.640. The summed E-state index contributed by atoms with van der Waals surface area (Å²) in [7, 11) is 0. The van der Waals surface area contributed by atoms with Gasteiger partial charge in [0.25, 0.3) is 0 Å². The number of aliphatic hydroxyl groups is 1. The molecule has 0 amide bonds. The van der Waals surface area contributed by atoms with Gasteiger partial charge in [-0.25, -0.2) is 0 Å². The highest BCUT2D eigenvalue weighted by Crippen LogP contribution is 2.26. The largest absolute Gasteiger partial charge is 0.389 e. The molecule has 0 saturated carbocycles. The SMILES string of the molecule is C=C(C1C=CC(O)CCC1)C(OCC)OCC. The minimum atomic E-state index is -0.324. The molecular formula is C14H24O3. The van der Waals surface area contributed by atoms with Crippen molar-refractivity contribution in [1.82, 2.24) is 0 Å². The van der Waals surface area contributed by atoms with Crippen LogP contribution < -0.4 is 0 Å². The standard InChI is InChI=1S/C14H24O3/c1-4-16-14(17-5-2)11(3)12-7-6-8-13(15)10-9-12/h9-10,12-15H,3-8H2,1-2H3. The van der Waals surface area contributed by atoms with E-state index in [1.807, 2.05) is 26.0 Å². The van der Waals surface area contributed by atoms with Gasteiger partial charge in [-0.1, -0.05) is 18.7 Å². The summed E-state index contributed by atoms with van der Waals surface area (Å²) >= 11 is 0. The molecule has 0 spiro atoms. The van der Waals surface area contributed by atoms with Crippen molar-refractivity contribution >= 4 is 0 Å². The second kappa shape index (κ2) is 7.64. The van der Waals surface area contributed by atoms with Crippen molar-refractivity contribution < 1.29 is 14.6 Å². The van der Waals surface area contributed by atoms with Gasteiger partial charge in [0.05, 0.1) is 6.10 Å². The van der Waals surface area contributed by atoms with Crippen molar-refractivity contribution in [3.8, 4) is 0 Å².